The largest absolute Gasteiger partial charge is 0.389 e. The molecule has 0 saturated heterocycles. The van der Waals surface area contributed by atoms with Crippen LogP contribution in [-0.2, 0) is 4.74 Å². The van der Waals surface area contributed by atoms with Crippen LogP contribution in [0.25, 0.3) is 0 Å². The molecule has 1 aliphatic carbocycles. The molecule has 0 aliphatic heterocycles. The van der Waals surface area contributed by atoms with E-state index >= 15 is 0 Å². The second-order valence-corrected chi connectivity index (χ2v) is 5.52. The molecule has 0 heterocycles. The number of aliphatic hydroxyl groups excluding tert-OH is 1. The molecule has 3 atom stereocenters. The average molecular weight is 255 g/mol. The zero-order valence-electron chi connectivity index (χ0n) is 11.7. The van der Waals surface area contributed by atoms with Crippen LogP contribution in [-0.4, -0.2) is 37.0 Å². The number of aliphatic hydroxyl groups is 1. The van der Waals surface area contributed by atoms with E-state index in [1.165, 1.54) is 12.8 Å². The zero-order chi connectivity index (χ0) is 13.2. The zero-order valence-corrected chi connectivity index (χ0v) is 11.7. The fourth-order valence-electron chi connectivity index (χ4n) is 2.48. The fourth-order valence-corrected chi connectivity index (χ4v) is 2.48. The van der Waals surface area contributed by atoms with Gasteiger partial charge in [0.05, 0.1) is 18.8 Å². The second kappa shape index (κ2) is 9.54. The van der Waals surface area contributed by atoms with Crippen molar-refractivity contribution in [2.75, 3.05) is 19.7 Å². The summed E-state index contributed by atoms with van der Waals surface area (Å²) < 4.78 is 5.79. The monoisotopic (exact) mass is 255 g/mol. The Kier molecular flexibility index (Phi) is 8.31. The Morgan fingerprint density at radius 1 is 1.50 bits per heavy atom. The van der Waals surface area contributed by atoms with Gasteiger partial charge in [0.15, 0.2) is 0 Å². The van der Waals surface area contributed by atoms with Crippen molar-refractivity contribution >= 4 is 0 Å². The van der Waals surface area contributed by atoms with Crippen LogP contribution in [0.5, 0.6) is 0 Å². The van der Waals surface area contributed by atoms with Crippen LogP contribution in [0.15, 0.2) is 12.7 Å². The molecule has 1 fully saturated rings. The van der Waals surface area contributed by atoms with Crippen molar-refractivity contribution in [3.8, 4) is 0 Å². The van der Waals surface area contributed by atoms with Crippen LogP contribution in [0, 0.1) is 5.92 Å². The van der Waals surface area contributed by atoms with Crippen molar-refractivity contribution in [1.29, 1.82) is 0 Å². The van der Waals surface area contributed by atoms with E-state index in [4.69, 9.17) is 4.74 Å². The summed E-state index contributed by atoms with van der Waals surface area (Å²) in [5.74, 6) is 0.776. The van der Waals surface area contributed by atoms with E-state index in [2.05, 4.69) is 18.8 Å². The highest BCUT2D eigenvalue weighted by Crippen LogP contribution is 2.25. The van der Waals surface area contributed by atoms with E-state index < -0.39 is 0 Å². The Morgan fingerprint density at radius 2 is 2.33 bits per heavy atom. The maximum absolute atomic E-state index is 9.79. The Labute approximate surface area is 112 Å². The van der Waals surface area contributed by atoms with E-state index in [9.17, 15) is 5.11 Å². The minimum Gasteiger partial charge on any atom is -0.389 e. The van der Waals surface area contributed by atoms with Crippen LogP contribution in [0.4, 0.5) is 0 Å². The molecule has 0 aromatic rings. The molecular weight excluding hydrogens is 226 g/mol. The maximum Gasteiger partial charge on any atom is 0.0897 e. The van der Waals surface area contributed by atoms with Gasteiger partial charge in [0, 0.05) is 6.54 Å². The van der Waals surface area contributed by atoms with Crippen molar-refractivity contribution < 1.29 is 9.84 Å². The highest BCUT2D eigenvalue weighted by molar-refractivity contribution is 4.71. The van der Waals surface area contributed by atoms with Gasteiger partial charge < -0.3 is 15.2 Å². The summed E-state index contributed by atoms with van der Waals surface area (Å²) in [4.78, 5) is 0. The minimum atomic E-state index is -0.383. The van der Waals surface area contributed by atoms with Gasteiger partial charge in [-0.2, -0.15) is 0 Å². The van der Waals surface area contributed by atoms with Gasteiger partial charge in [-0.05, 0) is 38.1 Å². The lowest BCUT2D eigenvalue weighted by Gasteiger charge is -2.27. The molecule has 1 aliphatic rings. The number of ether oxygens (including phenoxy) is 1. The van der Waals surface area contributed by atoms with Crippen LogP contribution < -0.4 is 5.32 Å². The third-order valence-electron chi connectivity index (χ3n) is 3.55. The number of hydrogen-bond donors (Lipinski definition) is 2. The highest BCUT2D eigenvalue weighted by Gasteiger charge is 2.20. The standard InChI is InChI=1S/C15H29NO2/c1-3-4-5-9-16-11-14(17)12-18-15-8-6-7-13(2)10-15/h3,13-17H,1,4-12H2,2H3. The Hall–Kier alpha value is -0.380. The summed E-state index contributed by atoms with van der Waals surface area (Å²) >= 11 is 0. The van der Waals surface area contributed by atoms with Crippen molar-refractivity contribution in [2.24, 2.45) is 5.92 Å². The summed E-state index contributed by atoms with van der Waals surface area (Å²) in [5.41, 5.74) is 0. The van der Waals surface area contributed by atoms with Crippen LogP contribution in [0.1, 0.15) is 45.4 Å². The van der Waals surface area contributed by atoms with Crippen LogP contribution in [0.2, 0.25) is 0 Å². The molecule has 1 rings (SSSR count). The van der Waals surface area contributed by atoms with Crippen molar-refractivity contribution in [3.05, 3.63) is 12.7 Å². The van der Waals surface area contributed by atoms with Crippen molar-refractivity contribution in [1.82, 2.24) is 5.32 Å². The number of nitrogens with one attached hydrogen (secondary N) is 1. The first-order chi connectivity index (χ1) is 8.72. The van der Waals surface area contributed by atoms with Crippen molar-refractivity contribution in [3.63, 3.8) is 0 Å². The number of unbranched alkanes of at least 4 members (excludes halogenated alkanes) is 1. The first-order valence-corrected chi connectivity index (χ1v) is 7.33. The molecular formula is C15H29NO2. The lowest BCUT2D eigenvalue weighted by atomic mass is 9.89. The summed E-state index contributed by atoms with van der Waals surface area (Å²) in [6, 6.07) is 0. The number of allylic oxidation sites excluding steroid dienone is 1. The predicted molar refractivity (Wildman–Crippen MR) is 75.7 cm³/mol. The van der Waals surface area contributed by atoms with Gasteiger partial charge in [0.25, 0.3) is 0 Å². The summed E-state index contributed by atoms with van der Waals surface area (Å²) in [5, 5.41) is 13.0. The van der Waals surface area contributed by atoms with E-state index in [1.807, 2.05) is 6.08 Å². The third-order valence-corrected chi connectivity index (χ3v) is 3.55. The average Bonchev–Trinajstić information content (AvgIpc) is 2.36. The Balaban J connectivity index is 1.98. The van der Waals surface area contributed by atoms with Gasteiger partial charge in [-0.1, -0.05) is 25.8 Å². The maximum atomic E-state index is 9.79. The van der Waals surface area contributed by atoms with Gasteiger partial charge in [0.2, 0.25) is 0 Å². The Bertz CT molecular complexity index is 221. The molecule has 3 unspecified atom stereocenters. The predicted octanol–water partition coefficient (Wildman–Crippen LogP) is 2.50. The van der Waals surface area contributed by atoms with E-state index in [1.54, 1.807) is 0 Å². The van der Waals surface area contributed by atoms with Gasteiger partial charge in [0.1, 0.15) is 0 Å². The minimum absolute atomic E-state index is 0.365. The summed E-state index contributed by atoms with van der Waals surface area (Å²) in [6.45, 7) is 7.99. The first-order valence-electron chi connectivity index (χ1n) is 7.33. The van der Waals surface area contributed by atoms with E-state index in [0.29, 0.717) is 19.3 Å². The van der Waals surface area contributed by atoms with Crippen molar-refractivity contribution in [2.45, 2.75) is 57.7 Å². The van der Waals surface area contributed by atoms with Gasteiger partial charge >= 0.3 is 0 Å². The lowest BCUT2D eigenvalue weighted by Crippen LogP contribution is -2.33. The molecule has 0 aromatic heterocycles. The molecule has 0 aromatic carbocycles. The molecule has 3 heteroatoms. The smallest absolute Gasteiger partial charge is 0.0897 e. The van der Waals surface area contributed by atoms with E-state index in [-0.39, 0.29) is 6.10 Å². The van der Waals surface area contributed by atoms with Gasteiger partial charge in [-0.15, -0.1) is 6.58 Å². The number of hydrogen-bond acceptors (Lipinski definition) is 3. The van der Waals surface area contributed by atoms with E-state index in [0.717, 1.165) is 38.1 Å². The lowest BCUT2D eigenvalue weighted by molar-refractivity contribution is -0.0305. The van der Waals surface area contributed by atoms with Crippen LogP contribution in [0.3, 0.4) is 0 Å². The highest BCUT2D eigenvalue weighted by atomic mass is 16.5. The van der Waals surface area contributed by atoms with Crippen LogP contribution >= 0.6 is 0 Å². The molecule has 0 amide bonds. The Morgan fingerprint density at radius 3 is 3.06 bits per heavy atom. The molecule has 0 radical (unpaired) electrons. The summed E-state index contributed by atoms with van der Waals surface area (Å²) in [6.07, 6.45) is 8.91. The summed E-state index contributed by atoms with van der Waals surface area (Å²) in [7, 11) is 0. The normalized spacial score (nSPS) is 25.9. The first kappa shape index (κ1) is 15.7. The third kappa shape index (κ3) is 7.14. The molecule has 3 nitrogen and oxygen atoms in total. The molecule has 106 valence electrons. The second-order valence-electron chi connectivity index (χ2n) is 5.52. The van der Waals surface area contributed by atoms with Gasteiger partial charge in [-0.25, -0.2) is 0 Å². The molecule has 0 spiro atoms. The molecule has 18 heavy (non-hydrogen) atoms. The van der Waals surface area contributed by atoms with Gasteiger partial charge in [-0.3, -0.25) is 0 Å². The molecule has 2 N–H and O–H groups in total. The SMILES string of the molecule is C=CCCCNCC(O)COC1CCCC(C)C1. The molecule has 0 bridgehead atoms. The molecule has 1 saturated carbocycles. The fraction of sp³-hybridized carbons (Fsp3) is 0.867. The topological polar surface area (TPSA) is 41.5 Å². The quantitative estimate of drug-likeness (QED) is 0.491. The number of rotatable bonds is 9.